The topological polar surface area (TPSA) is 115 Å². The molecule has 3 aliphatic rings. The monoisotopic (exact) mass is 388 g/mol. The highest BCUT2D eigenvalue weighted by atomic mass is 32.2. The maximum absolute atomic E-state index is 13.1. The van der Waals surface area contributed by atoms with Crippen LogP contribution in [0.15, 0.2) is 41.6 Å². The highest BCUT2D eigenvalue weighted by Crippen LogP contribution is 2.56. The number of sulfonamides is 1. The molecule has 1 aliphatic heterocycles. The first kappa shape index (κ1) is 16.9. The van der Waals surface area contributed by atoms with Gasteiger partial charge in [0.05, 0.1) is 12.1 Å². The molecule has 5 rings (SSSR count). The molecule has 0 spiro atoms. The number of aliphatic hydroxyl groups excluding tert-OH is 1. The van der Waals surface area contributed by atoms with E-state index in [1.54, 1.807) is 24.4 Å². The molecule has 0 unspecified atom stereocenters. The molecular weight excluding hydrogens is 368 g/mol. The summed E-state index contributed by atoms with van der Waals surface area (Å²) < 4.78 is 27.7. The van der Waals surface area contributed by atoms with E-state index in [4.69, 9.17) is 0 Å². The lowest BCUT2D eigenvalue weighted by Gasteiger charge is -2.28. The van der Waals surface area contributed by atoms with Crippen molar-refractivity contribution in [3.63, 3.8) is 0 Å². The van der Waals surface area contributed by atoms with Gasteiger partial charge in [-0.2, -0.15) is 4.31 Å². The van der Waals surface area contributed by atoms with Crippen LogP contribution in [0.5, 0.6) is 0 Å². The number of nitrogens with zero attached hydrogens (tertiary/aromatic N) is 2. The highest BCUT2D eigenvalue weighted by molar-refractivity contribution is 7.89. The van der Waals surface area contributed by atoms with Crippen molar-refractivity contribution in [2.75, 3.05) is 11.9 Å². The predicted molar refractivity (Wildman–Crippen MR) is 96.4 cm³/mol. The number of rotatable bonds is 4. The molecule has 2 aromatic heterocycles. The molecule has 9 heteroatoms. The first-order valence-electron chi connectivity index (χ1n) is 9.06. The standard InChI is InChI=1S/C18H20N4O4S/c23-17-10-5-11-9-22(16(17)13(11)6-10)27(25,26)12-7-14(20-8-12)18(24)21-15-3-1-2-4-19-15/h1-4,7-8,10-11,13,16-17,20,23H,5-6,9H2,(H,19,21,24)/t10-,11-,13+,16-,17-/m0/s1. The van der Waals surface area contributed by atoms with E-state index in [-0.39, 0.29) is 28.5 Å². The van der Waals surface area contributed by atoms with Gasteiger partial charge >= 0.3 is 0 Å². The summed E-state index contributed by atoms with van der Waals surface area (Å²) >= 11 is 0. The van der Waals surface area contributed by atoms with Crippen molar-refractivity contribution < 1.29 is 18.3 Å². The molecule has 142 valence electrons. The molecule has 2 aliphatic carbocycles. The van der Waals surface area contributed by atoms with Gasteiger partial charge in [0.25, 0.3) is 5.91 Å². The Bertz CT molecular complexity index is 988. The smallest absolute Gasteiger partial charge is 0.273 e. The van der Waals surface area contributed by atoms with Crippen molar-refractivity contribution >= 4 is 21.7 Å². The van der Waals surface area contributed by atoms with Gasteiger partial charge in [0.2, 0.25) is 10.0 Å². The maximum Gasteiger partial charge on any atom is 0.273 e. The first-order valence-corrected chi connectivity index (χ1v) is 10.5. The molecule has 27 heavy (non-hydrogen) atoms. The quantitative estimate of drug-likeness (QED) is 0.724. The molecule has 5 atom stereocenters. The Morgan fingerprint density at radius 1 is 1.30 bits per heavy atom. The average Bonchev–Trinajstić information content (AvgIpc) is 3.38. The van der Waals surface area contributed by atoms with Crippen molar-refractivity contribution in [1.29, 1.82) is 0 Å². The lowest BCUT2D eigenvalue weighted by molar-refractivity contribution is 0.0731. The number of pyridine rings is 1. The molecule has 3 N–H and O–H groups in total. The van der Waals surface area contributed by atoms with E-state index in [2.05, 4.69) is 15.3 Å². The summed E-state index contributed by atoms with van der Waals surface area (Å²) in [6.45, 7) is 0.450. The number of hydrogen-bond donors (Lipinski definition) is 3. The minimum Gasteiger partial charge on any atom is -0.391 e. The number of nitrogens with one attached hydrogen (secondary N) is 2. The third-order valence-electron chi connectivity index (χ3n) is 6.22. The van der Waals surface area contributed by atoms with Gasteiger partial charge in [0.15, 0.2) is 0 Å². The summed E-state index contributed by atoms with van der Waals surface area (Å²) in [4.78, 5) is 19.1. The minimum absolute atomic E-state index is 0.0469. The van der Waals surface area contributed by atoms with Crippen LogP contribution in [0.2, 0.25) is 0 Å². The highest BCUT2D eigenvalue weighted by Gasteiger charge is 2.61. The zero-order chi connectivity index (χ0) is 18.8. The molecular formula is C18H20N4O4S. The minimum atomic E-state index is -3.77. The van der Waals surface area contributed by atoms with Gasteiger partial charge in [-0.25, -0.2) is 13.4 Å². The van der Waals surface area contributed by atoms with Gasteiger partial charge < -0.3 is 15.4 Å². The van der Waals surface area contributed by atoms with Crippen LogP contribution in [0.25, 0.3) is 0 Å². The van der Waals surface area contributed by atoms with E-state index in [1.807, 2.05) is 0 Å². The summed E-state index contributed by atoms with van der Waals surface area (Å²) in [5, 5.41) is 13.1. The number of fused-ring (bicyclic) bond motifs is 1. The summed E-state index contributed by atoms with van der Waals surface area (Å²) in [6, 6.07) is 6.14. The lowest BCUT2D eigenvalue weighted by atomic mass is 9.88. The number of aromatic nitrogens is 2. The van der Waals surface area contributed by atoms with Crippen molar-refractivity contribution in [3.8, 4) is 0 Å². The predicted octanol–water partition coefficient (Wildman–Crippen LogP) is 1.05. The first-order chi connectivity index (χ1) is 12.9. The fourth-order valence-electron chi connectivity index (χ4n) is 5.05. The largest absolute Gasteiger partial charge is 0.391 e. The van der Waals surface area contributed by atoms with Crippen LogP contribution in [0, 0.1) is 17.8 Å². The van der Waals surface area contributed by atoms with Gasteiger partial charge in [-0.05, 0) is 48.8 Å². The van der Waals surface area contributed by atoms with Gasteiger partial charge in [-0.15, -0.1) is 0 Å². The van der Waals surface area contributed by atoms with E-state index in [0.717, 1.165) is 12.8 Å². The van der Waals surface area contributed by atoms with Crippen molar-refractivity contribution in [3.05, 3.63) is 42.4 Å². The molecule has 2 aromatic rings. The number of hydrogen-bond acceptors (Lipinski definition) is 5. The van der Waals surface area contributed by atoms with Crippen LogP contribution in [-0.4, -0.2) is 52.4 Å². The number of anilines is 1. The van der Waals surface area contributed by atoms with Crippen molar-refractivity contribution in [1.82, 2.24) is 14.3 Å². The van der Waals surface area contributed by atoms with E-state index in [0.29, 0.717) is 18.3 Å². The number of amides is 1. The van der Waals surface area contributed by atoms with Crippen LogP contribution < -0.4 is 5.32 Å². The van der Waals surface area contributed by atoms with Gasteiger partial charge in [-0.3, -0.25) is 4.79 Å². The van der Waals surface area contributed by atoms with Gasteiger partial charge in [0.1, 0.15) is 16.4 Å². The molecule has 3 fully saturated rings. The van der Waals surface area contributed by atoms with Crippen molar-refractivity contribution in [2.45, 2.75) is 29.9 Å². The number of carbonyl (C=O) groups is 1. The fraction of sp³-hybridized carbons (Fsp3) is 0.444. The maximum atomic E-state index is 13.1. The zero-order valence-electron chi connectivity index (χ0n) is 14.4. The summed E-state index contributed by atoms with van der Waals surface area (Å²) in [5.74, 6) is 0.737. The van der Waals surface area contributed by atoms with E-state index >= 15 is 0 Å². The third-order valence-corrected chi connectivity index (χ3v) is 8.06. The zero-order valence-corrected chi connectivity index (χ0v) is 15.3. The molecule has 1 amide bonds. The Balaban J connectivity index is 1.38. The fourth-order valence-corrected chi connectivity index (χ4v) is 6.78. The summed E-state index contributed by atoms with van der Waals surface area (Å²) in [7, 11) is -3.77. The third kappa shape index (κ3) is 2.53. The number of aliphatic hydroxyl groups is 1. The Morgan fingerprint density at radius 3 is 2.89 bits per heavy atom. The van der Waals surface area contributed by atoms with Crippen LogP contribution in [0.1, 0.15) is 23.3 Å². The molecule has 2 saturated carbocycles. The second-order valence-electron chi connectivity index (χ2n) is 7.63. The second kappa shape index (κ2) is 5.88. The molecule has 2 bridgehead atoms. The van der Waals surface area contributed by atoms with Gasteiger partial charge in [-0.1, -0.05) is 6.07 Å². The van der Waals surface area contributed by atoms with Crippen LogP contribution >= 0.6 is 0 Å². The van der Waals surface area contributed by atoms with E-state index in [1.165, 1.54) is 16.6 Å². The normalized spacial score (nSPS) is 32.1. The van der Waals surface area contributed by atoms with Crippen LogP contribution in [0.3, 0.4) is 0 Å². The number of H-pyrrole nitrogens is 1. The Labute approximate surface area is 156 Å². The molecule has 3 heterocycles. The number of aromatic amines is 1. The summed E-state index contributed by atoms with van der Waals surface area (Å²) in [5.41, 5.74) is 0.145. The average molecular weight is 388 g/mol. The van der Waals surface area contributed by atoms with Crippen molar-refractivity contribution in [2.24, 2.45) is 17.8 Å². The summed E-state index contributed by atoms with van der Waals surface area (Å²) in [6.07, 6.45) is 4.12. The molecule has 0 radical (unpaired) electrons. The van der Waals surface area contributed by atoms with Crippen LogP contribution in [-0.2, 0) is 10.0 Å². The van der Waals surface area contributed by atoms with Gasteiger partial charge in [0, 0.05) is 18.9 Å². The van der Waals surface area contributed by atoms with Crippen LogP contribution in [0.4, 0.5) is 5.82 Å². The Hall–Kier alpha value is -2.23. The second-order valence-corrected chi connectivity index (χ2v) is 9.52. The lowest BCUT2D eigenvalue weighted by Crippen LogP contribution is -2.43. The Morgan fingerprint density at radius 2 is 2.15 bits per heavy atom. The molecule has 8 nitrogen and oxygen atoms in total. The molecule has 1 saturated heterocycles. The SMILES string of the molecule is O=C(Nc1ccccn1)c1cc(S(=O)(=O)N2C[C@@H]3C[C@H]4C[C@H]3[C@H]2[C@H]4O)c[nH]1. The molecule has 0 aromatic carbocycles. The number of carbonyl (C=O) groups excluding carboxylic acids is 1. The van der Waals surface area contributed by atoms with E-state index in [9.17, 15) is 18.3 Å². The Kier molecular flexibility index (Phi) is 3.68. The van der Waals surface area contributed by atoms with E-state index < -0.39 is 22.0 Å².